The Morgan fingerprint density at radius 2 is 1.86 bits per heavy atom. The van der Waals surface area contributed by atoms with Crippen LogP contribution < -0.4 is 4.72 Å². The average Bonchev–Trinajstić information content (AvgIpc) is 2.98. The quantitative estimate of drug-likeness (QED) is 0.850. The molecule has 7 heteroatoms. The first-order valence-electron chi connectivity index (χ1n) is 6.66. The lowest BCUT2D eigenvalue weighted by Gasteiger charge is -2.20. The number of carboxylic acids is 1. The summed E-state index contributed by atoms with van der Waals surface area (Å²) < 4.78 is 32.4. The summed E-state index contributed by atoms with van der Waals surface area (Å²) >= 11 is 0. The lowest BCUT2D eigenvalue weighted by Crippen LogP contribution is -2.35. The number of benzene rings is 1. The molecule has 1 aromatic carbocycles. The molecule has 0 aliphatic rings. The number of aryl methyl sites for hydroxylation is 1. The number of sulfonamides is 1. The molecule has 118 valence electrons. The van der Waals surface area contributed by atoms with E-state index in [0.29, 0.717) is 0 Å². The second kappa shape index (κ2) is 6.33. The minimum absolute atomic E-state index is 0.0762. The van der Waals surface area contributed by atoms with Gasteiger partial charge in [0.1, 0.15) is 5.76 Å². The third kappa shape index (κ3) is 3.55. The molecule has 2 rings (SSSR count). The van der Waals surface area contributed by atoms with Gasteiger partial charge in [0.25, 0.3) is 0 Å². The average molecular weight is 323 g/mol. The zero-order valence-electron chi connectivity index (χ0n) is 12.2. The van der Waals surface area contributed by atoms with Crippen LogP contribution >= 0.6 is 0 Å². The highest BCUT2D eigenvalue weighted by Crippen LogP contribution is 2.25. The topological polar surface area (TPSA) is 96.6 Å². The molecule has 0 fully saturated rings. The van der Waals surface area contributed by atoms with E-state index in [2.05, 4.69) is 4.72 Å². The first-order chi connectivity index (χ1) is 10.3. The van der Waals surface area contributed by atoms with Crippen molar-refractivity contribution in [3.63, 3.8) is 0 Å². The molecule has 0 saturated heterocycles. The van der Waals surface area contributed by atoms with E-state index in [4.69, 9.17) is 4.42 Å². The van der Waals surface area contributed by atoms with Crippen LogP contribution in [-0.4, -0.2) is 19.5 Å². The maximum absolute atomic E-state index is 12.4. The second-order valence-electron chi connectivity index (χ2n) is 5.05. The number of furan rings is 1. The highest BCUT2D eigenvalue weighted by Gasteiger charge is 2.31. The Labute approximate surface area is 128 Å². The molecule has 22 heavy (non-hydrogen) atoms. The Balaban J connectivity index is 2.34. The van der Waals surface area contributed by atoms with Crippen molar-refractivity contribution in [2.24, 2.45) is 5.92 Å². The molecule has 2 atom stereocenters. The number of hydrogen-bond acceptors (Lipinski definition) is 4. The predicted octanol–water partition coefficient (Wildman–Crippen LogP) is 2.33. The zero-order valence-corrected chi connectivity index (χ0v) is 13.0. The highest BCUT2D eigenvalue weighted by molar-refractivity contribution is 7.89. The van der Waals surface area contributed by atoms with Gasteiger partial charge in [-0.1, -0.05) is 17.7 Å². The normalized spacial score (nSPS) is 14.5. The molecule has 0 aliphatic heterocycles. The molecule has 0 unspecified atom stereocenters. The van der Waals surface area contributed by atoms with E-state index >= 15 is 0 Å². The lowest BCUT2D eigenvalue weighted by atomic mass is 10.0. The number of carbonyl (C=O) groups is 1. The fourth-order valence-corrected chi connectivity index (χ4v) is 3.26. The lowest BCUT2D eigenvalue weighted by molar-refractivity contribution is -0.142. The van der Waals surface area contributed by atoms with E-state index in [0.717, 1.165) is 5.56 Å². The molecular weight excluding hydrogens is 306 g/mol. The molecule has 0 bridgehead atoms. The first kappa shape index (κ1) is 16.3. The SMILES string of the molecule is Cc1ccc(S(=O)(=O)N[C@H](c2ccco2)[C@@H](C)C(=O)O)cc1. The smallest absolute Gasteiger partial charge is 0.308 e. The third-order valence-electron chi connectivity index (χ3n) is 3.35. The third-order valence-corrected chi connectivity index (χ3v) is 4.81. The van der Waals surface area contributed by atoms with Crippen molar-refractivity contribution in [2.45, 2.75) is 24.8 Å². The van der Waals surface area contributed by atoms with Crippen molar-refractivity contribution in [1.29, 1.82) is 0 Å². The molecule has 0 radical (unpaired) electrons. The van der Waals surface area contributed by atoms with Crippen LogP contribution in [0.1, 0.15) is 24.3 Å². The summed E-state index contributed by atoms with van der Waals surface area (Å²) in [6.45, 7) is 3.27. The predicted molar refractivity (Wildman–Crippen MR) is 79.7 cm³/mol. The van der Waals surface area contributed by atoms with Crippen molar-refractivity contribution in [3.8, 4) is 0 Å². The fourth-order valence-electron chi connectivity index (χ4n) is 1.97. The highest BCUT2D eigenvalue weighted by atomic mass is 32.2. The fraction of sp³-hybridized carbons (Fsp3) is 0.267. The summed E-state index contributed by atoms with van der Waals surface area (Å²) in [7, 11) is -3.85. The van der Waals surface area contributed by atoms with Crippen LogP contribution in [0.15, 0.2) is 52.0 Å². The number of hydrogen-bond donors (Lipinski definition) is 2. The minimum atomic E-state index is -3.85. The molecule has 0 saturated carbocycles. The van der Waals surface area contributed by atoms with Gasteiger partial charge in [0, 0.05) is 0 Å². The van der Waals surface area contributed by atoms with Crippen LogP contribution in [0.25, 0.3) is 0 Å². The van der Waals surface area contributed by atoms with Gasteiger partial charge < -0.3 is 9.52 Å². The Morgan fingerprint density at radius 1 is 1.23 bits per heavy atom. The van der Waals surface area contributed by atoms with E-state index < -0.39 is 28.0 Å². The van der Waals surface area contributed by atoms with Crippen LogP contribution in [0.5, 0.6) is 0 Å². The van der Waals surface area contributed by atoms with E-state index in [9.17, 15) is 18.3 Å². The van der Waals surface area contributed by atoms with E-state index in [1.54, 1.807) is 24.3 Å². The summed E-state index contributed by atoms with van der Waals surface area (Å²) in [5.41, 5.74) is 0.931. The molecular formula is C15H17NO5S. The number of aliphatic carboxylic acids is 1. The van der Waals surface area contributed by atoms with Crippen molar-refractivity contribution in [1.82, 2.24) is 4.72 Å². The van der Waals surface area contributed by atoms with Crippen LogP contribution in [0.2, 0.25) is 0 Å². The van der Waals surface area contributed by atoms with E-state index in [1.807, 2.05) is 6.92 Å². The van der Waals surface area contributed by atoms with Gasteiger partial charge in [-0.2, -0.15) is 4.72 Å². The Bertz CT molecular complexity index is 735. The van der Waals surface area contributed by atoms with E-state index in [-0.39, 0.29) is 10.7 Å². The summed E-state index contributed by atoms with van der Waals surface area (Å²) in [5, 5.41) is 9.18. The molecule has 2 aromatic rings. The van der Waals surface area contributed by atoms with Gasteiger partial charge in [0.05, 0.1) is 23.1 Å². The van der Waals surface area contributed by atoms with Crippen molar-refractivity contribution >= 4 is 16.0 Å². The van der Waals surface area contributed by atoms with Gasteiger partial charge in [-0.15, -0.1) is 0 Å². The van der Waals surface area contributed by atoms with Gasteiger partial charge in [-0.3, -0.25) is 4.79 Å². The molecule has 6 nitrogen and oxygen atoms in total. The molecule has 1 aromatic heterocycles. The van der Waals surface area contributed by atoms with Gasteiger partial charge in [0.15, 0.2) is 0 Å². The second-order valence-corrected chi connectivity index (χ2v) is 6.77. The molecule has 0 amide bonds. The maximum Gasteiger partial charge on any atom is 0.308 e. The molecule has 0 aliphatic carbocycles. The van der Waals surface area contributed by atoms with Crippen LogP contribution in [0.3, 0.4) is 0 Å². The molecule has 1 heterocycles. The van der Waals surface area contributed by atoms with Crippen molar-refractivity contribution in [3.05, 3.63) is 54.0 Å². The first-order valence-corrected chi connectivity index (χ1v) is 8.15. The maximum atomic E-state index is 12.4. The van der Waals surface area contributed by atoms with Gasteiger partial charge >= 0.3 is 5.97 Å². The zero-order chi connectivity index (χ0) is 16.3. The largest absolute Gasteiger partial charge is 0.481 e. The Kier molecular flexibility index (Phi) is 4.68. The van der Waals surface area contributed by atoms with Gasteiger partial charge in [-0.25, -0.2) is 8.42 Å². The van der Waals surface area contributed by atoms with Crippen LogP contribution in [0, 0.1) is 12.8 Å². The standard InChI is InChI=1S/C15H17NO5S/c1-10-5-7-12(8-6-10)22(19,20)16-14(11(2)15(17)18)13-4-3-9-21-13/h3-9,11,14,16H,1-2H3,(H,17,18)/t11-,14+/m1/s1. The molecule has 0 spiro atoms. The number of carboxylic acid groups (broad SMARTS) is 1. The minimum Gasteiger partial charge on any atom is -0.481 e. The van der Waals surface area contributed by atoms with Crippen LogP contribution in [0.4, 0.5) is 0 Å². The van der Waals surface area contributed by atoms with E-state index in [1.165, 1.54) is 25.3 Å². The number of nitrogens with one attached hydrogen (secondary N) is 1. The van der Waals surface area contributed by atoms with Crippen molar-refractivity contribution in [2.75, 3.05) is 0 Å². The monoisotopic (exact) mass is 323 g/mol. The van der Waals surface area contributed by atoms with Gasteiger partial charge in [-0.05, 0) is 38.1 Å². The van der Waals surface area contributed by atoms with Gasteiger partial charge in [0.2, 0.25) is 10.0 Å². The summed E-state index contributed by atoms with van der Waals surface area (Å²) in [4.78, 5) is 11.3. The van der Waals surface area contributed by atoms with Crippen molar-refractivity contribution < 1.29 is 22.7 Å². The van der Waals surface area contributed by atoms with Crippen LogP contribution in [-0.2, 0) is 14.8 Å². The Hall–Kier alpha value is -2.12. The Morgan fingerprint density at radius 3 is 2.36 bits per heavy atom. The number of rotatable bonds is 6. The summed E-state index contributed by atoms with van der Waals surface area (Å²) in [6.07, 6.45) is 1.37. The molecule has 2 N–H and O–H groups in total. The summed E-state index contributed by atoms with van der Waals surface area (Å²) in [6, 6.07) is 8.44. The summed E-state index contributed by atoms with van der Waals surface area (Å²) in [5.74, 6) is -1.84.